The maximum absolute atomic E-state index is 14.1. The monoisotopic (exact) mass is 271 g/mol. The van der Waals surface area contributed by atoms with E-state index in [1.54, 1.807) is 12.3 Å². The molecule has 0 spiro atoms. The normalized spacial score (nSPS) is 14.6. The lowest BCUT2D eigenvalue weighted by Gasteiger charge is -2.19. The molecule has 0 amide bonds. The summed E-state index contributed by atoms with van der Waals surface area (Å²) in [7, 11) is 0. The van der Waals surface area contributed by atoms with Gasteiger partial charge in [0.25, 0.3) is 0 Å². The molecule has 1 fully saturated rings. The zero-order chi connectivity index (χ0) is 13.8. The molecule has 4 heteroatoms. The first-order chi connectivity index (χ1) is 9.83. The largest absolute Gasteiger partial charge is 0.381 e. The van der Waals surface area contributed by atoms with E-state index in [1.807, 2.05) is 30.5 Å². The van der Waals surface area contributed by atoms with Gasteiger partial charge in [-0.1, -0.05) is 6.07 Å². The molecule has 0 aliphatic carbocycles. The molecule has 3 nitrogen and oxygen atoms in total. The Kier molecular flexibility index (Phi) is 3.81. The molecule has 0 radical (unpaired) electrons. The van der Waals surface area contributed by atoms with E-state index in [9.17, 15) is 4.39 Å². The van der Waals surface area contributed by atoms with Crippen LogP contribution in [-0.2, 0) is 6.54 Å². The third-order valence-electron chi connectivity index (χ3n) is 3.61. The van der Waals surface area contributed by atoms with Crippen LogP contribution < -0.4 is 10.2 Å². The highest BCUT2D eigenvalue weighted by Gasteiger charge is 2.15. The summed E-state index contributed by atoms with van der Waals surface area (Å²) >= 11 is 0. The second-order valence-corrected chi connectivity index (χ2v) is 5.08. The van der Waals surface area contributed by atoms with Crippen LogP contribution in [0.1, 0.15) is 18.4 Å². The average Bonchev–Trinajstić information content (AvgIpc) is 3.00. The summed E-state index contributed by atoms with van der Waals surface area (Å²) in [6.45, 7) is 2.56. The van der Waals surface area contributed by atoms with Crippen molar-refractivity contribution in [3.63, 3.8) is 0 Å². The summed E-state index contributed by atoms with van der Waals surface area (Å²) in [4.78, 5) is 6.17. The Bertz CT molecular complexity index is 565. The standard InChI is InChI=1S/C16H18FN3/c17-15-10-14(19-12-13-4-3-7-18-11-13)5-6-16(15)20-8-1-2-9-20/h3-7,10-11,19H,1-2,8-9,12H2. The van der Waals surface area contributed by atoms with Gasteiger partial charge in [-0.3, -0.25) is 4.98 Å². The van der Waals surface area contributed by atoms with Crippen molar-refractivity contribution in [2.45, 2.75) is 19.4 Å². The first-order valence-corrected chi connectivity index (χ1v) is 7.00. The summed E-state index contributed by atoms with van der Waals surface area (Å²) in [6.07, 6.45) is 5.86. The molecule has 3 rings (SSSR count). The smallest absolute Gasteiger partial charge is 0.148 e. The van der Waals surface area contributed by atoms with Gasteiger partial charge in [0.15, 0.2) is 0 Å². The van der Waals surface area contributed by atoms with Gasteiger partial charge in [-0.05, 0) is 42.7 Å². The number of hydrogen-bond donors (Lipinski definition) is 1. The molecule has 2 heterocycles. The van der Waals surface area contributed by atoms with E-state index in [2.05, 4.69) is 15.2 Å². The van der Waals surface area contributed by atoms with Crippen molar-refractivity contribution in [1.29, 1.82) is 0 Å². The van der Waals surface area contributed by atoms with Gasteiger partial charge in [0.1, 0.15) is 5.82 Å². The number of nitrogens with zero attached hydrogens (tertiary/aromatic N) is 2. The molecule has 104 valence electrons. The van der Waals surface area contributed by atoms with Crippen molar-refractivity contribution in [2.24, 2.45) is 0 Å². The van der Waals surface area contributed by atoms with E-state index >= 15 is 0 Å². The third kappa shape index (κ3) is 2.90. The quantitative estimate of drug-likeness (QED) is 0.923. The number of benzene rings is 1. The number of pyridine rings is 1. The summed E-state index contributed by atoms with van der Waals surface area (Å²) in [5.74, 6) is -0.150. The predicted molar refractivity (Wildman–Crippen MR) is 79.4 cm³/mol. The number of hydrogen-bond acceptors (Lipinski definition) is 3. The van der Waals surface area contributed by atoms with E-state index in [1.165, 1.54) is 0 Å². The Hall–Kier alpha value is -2.10. The summed E-state index contributed by atoms with van der Waals surface area (Å²) in [5.41, 5.74) is 2.60. The maximum atomic E-state index is 14.1. The molecule has 1 aliphatic rings. The molecule has 0 unspecified atom stereocenters. The van der Waals surface area contributed by atoms with Crippen molar-refractivity contribution < 1.29 is 4.39 Å². The Labute approximate surface area is 118 Å². The molecule has 1 aromatic carbocycles. The Morgan fingerprint density at radius 2 is 2.05 bits per heavy atom. The van der Waals surface area contributed by atoms with Crippen molar-refractivity contribution in [1.82, 2.24) is 4.98 Å². The third-order valence-corrected chi connectivity index (χ3v) is 3.61. The molecule has 1 saturated heterocycles. The van der Waals surface area contributed by atoms with Crippen LogP contribution in [0.15, 0.2) is 42.7 Å². The van der Waals surface area contributed by atoms with Crippen LogP contribution in [0.2, 0.25) is 0 Å². The molecule has 20 heavy (non-hydrogen) atoms. The molecule has 2 aromatic rings. The molecule has 0 bridgehead atoms. The van der Waals surface area contributed by atoms with Gasteiger partial charge in [0, 0.05) is 37.7 Å². The fourth-order valence-corrected chi connectivity index (χ4v) is 2.54. The molecular formula is C16H18FN3. The SMILES string of the molecule is Fc1cc(NCc2cccnc2)ccc1N1CCCC1. The topological polar surface area (TPSA) is 28.2 Å². The molecule has 1 N–H and O–H groups in total. The minimum atomic E-state index is -0.150. The van der Waals surface area contributed by atoms with Crippen molar-refractivity contribution in [3.05, 3.63) is 54.1 Å². The second-order valence-electron chi connectivity index (χ2n) is 5.08. The van der Waals surface area contributed by atoms with Gasteiger partial charge in [-0.25, -0.2) is 4.39 Å². The van der Waals surface area contributed by atoms with Crippen molar-refractivity contribution in [2.75, 3.05) is 23.3 Å². The fraction of sp³-hybridized carbons (Fsp3) is 0.312. The number of nitrogens with one attached hydrogen (secondary N) is 1. The second kappa shape index (κ2) is 5.90. The zero-order valence-corrected chi connectivity index (χ0v) is 11.3. The average molecular weight is 271 g/mol. The predicted octanol–water partition coefficient (Wildman–Crippen LogP) is 3.43. The van der Waals surface area contributed by atoms with Crippen molar-refractivity contribution >= 4 is 11.4 Å². The lowest BCUT2D eigenvalue weighted by molar-refractivity contribution is 0.623. The minimum absolute atomic E-state index is 0.150. The Balaban J connectivity index is 1.67. The van der Waals surface area contributed by atoms with Crippen LogP contribution in [0.4, 0.5) is 15.8 Å². The summed E-state index contributed by atoms with van der Waals surface area (Å²) in [5, 5.41) is 3.22. The summed E-state index contributed by atoms with van der Waals surface area (Å²) < 4.78 is 14.1. The van der Waals surface area contributed by atoms with Gasteiger partial charge < -0.3 is 10.2 Å². The highest BCUT2D eigenvalue weighted by Crippen LogP contribution is 2.26. The molecule has 1 aliphatic heterocycles. The Morgan fingerprint density at radius 1 is 1.20 bits per heavy atom. The first kappa shape index (κ1) is 12.9. The van der Waals surface area contributed by atoms with E-state index in [-0.39, 0.29) is 5.82 Å². The molecule has 0 atom stereocenters. The molecular weight excluding hydrogens is 253 g/mol. The number of anilines is 2. The number of halogens is 1. The van der Waals surface area contributed by atoms with Crippen LogP contribution >= 0.6 is 0 Å². The van der Waals surface area contributed by atoms with E-state index in [0.29, 0.717) is 6.54 Å². The van der Waals surface area contributed by atoms with Gasteiger partial charge in [0.05, 0.1) is 5.69 Å². The highest BCUT2D eigenvalue weighted by molar-refractivity contribution is 5.56. The van der Waals surface area contributed by atoms with Gasteiger partial charge in [-0.15, -0.1) is 0 Å². The lowest BCUT2D eigenvalue weighted by Crippen LogP contribution is -2.18. The summed E-state index contributed by atoms with van der Waals surface area (Å²) in [6, 6.07) is 9.27. The first-order valence-electron chi connectivity index (χ1n) is 7.00. The lowest BCUT2D eigenvalue weighted by atomic mass is 10.2. The van der Waals surface area contributed by atoms with Crippen LogP contribution in [0, 0.1) is 5.82 Å². The van der Waals surface area contributed by atoms with Gasteiger partial charge in [0.2, 0.25) is 0 Å². The maximum Gasteiger partial charge on any atom is 0.148 e. The van der Waals surface area contributed by atoms with Crippen LogP contribution in [0.25, 0.3) is 0 Å². The fourth-order valence-electron chi connectivity index (χ4n) is 2.54. The Morgan fingerprint density at radius 3 is 2.75 bits per heavy atom. The number of rotatable bonds is 4. The van der Waals surface area contributed by atoms with E-state index in [4.69, 9.17) is 0 Å². The van der Waals surface area contributed by atoms with Crippen LogP contribution in [0.5, 0.6) is 0 Å². The van der Waals surface area contributed by atoms with Gasteiger partial charge in [-0.2, -0.15) is 0 Å². The van der Waals surface area contributed by atoms with E-state index < -0.39 is 0 Å². The number of aromatic nitrogens is 1. The molecule has 0 saturated carbocycles. The van der Waals surface area contributed by atoms with Crippen LogP contribution in [-0.4, -0.2) is 18.1 Å². The highest BCUT2D eigenvalue weighted by atomic mass is 19.1. The molecule has 1 aromatic heterocycles. The minimum Gasteiger partial charge on any atom is -0.381 e. The van der Waals surface area contributed by atoms with E-state index in [0.717, 1.165) is 42.9 Å². The van der Waals surface area contributed by atoms with Crippen LogP contribution in [0.3, 0.4) is 0 Å². The zero-order valence-electron chi connectivity index (χ0n) is 11.3. The van der Waals surface area contributed by atoms with Gasteiger partial charge >= 0.3 is 0 Å². The van der Waals surface area contributed by atoms with Crippen molar-refractivity contribution in [3.8, 4) is 0 Å².